The number of furan rings is 1. The minimum Gasteiger partial charge on any atom is -0.463 e. The highest BCUT2D eigenvalue weighted by atomic mass is 16.3. The number of aromatic nitrogens is 2. The lowest BCUT2D eigenvalue weighted by Gasteiger charge is -2.08. The van der Waals surface area contributed by atoms with Crippen LogP contribution in [0, 0.1) is 6.92 Å². The Hall–Kier alpha value is -2.95. The molecule has 1 aromatic carbocycles. The number of aryl methyl sites for hydroxylation is 1. The molecule has 0 spiro atoms. The molecule has 0 saturated heterocycles. The maximum Gasteiger partial charge on any atom is 0.251 e. The van der Waals surface area contributed by atoms with Crippen molar-refractivity contribution < 1.29 is 9.21 Å². The molecule has 0 aliphatic carbocycles. The molecule has 3 rings (SSSR count). The molecule has 0 bridgehead atoms. The minimum absolute atomic E-state index is 0.139. The number of carbonyl (C=O) groups excluding carboxylic acids is 1. The summed E-state index contributed by atoms with van der Waals surface area (Å²) in [5.41, 5.74) is 2.97. The fourth-order valence-corrected chi connectivity index (χ4v) is 2.17. The molecule has 1 N–H and O–H groups in total. The van der Waals surface area contributed by atoms with Gasteiger partial charge in [0.25, 0.3) is 5.91 Å². The lowest BCUT2D eigenvalue weighted by molar-refractivity contribution is 0.0950. The van der Waals surface area contributed by atoms with Gasteiger partial charge in [-0.05, 0) is 31.2 Å². The summed E-state index contributed by atoms with van der Waals surface area (Å²) < 4.78 is 5.35. The van der Waals surface area contributed by atoms with Gasteiger partial charge < -0.3 is 9.73 Å². The summed E-state index contributed by atoms with van der Waals surface area (Å²) in [5.74, 6) is 0.493. The summed E-state index contributed by atoms with van der Waals surface area (Å²) in [6.45, 7) is 2.24. The lowest BCUT2D eigenvalue weighted by Crippen LogP contribution is -2.23. The molecular weight excluding hydrogens is 278 g/mol. The Morgan fingerprint density at radius 2 is 2.05 bits per heavy atom. The number of amides is 1. The van der Waals surface area contributed by atoms with E-state index in [1.54, 1.807) is 30.8 Å². The third-order valence-corrected chi connectivity index (χ3v) is 3.23. The second-order valence-corrected chi connectivity index (χ2v) is 4.88. The average Bonchev–Trinajstić information content (AvgIpc) is 3.07. The normalized spacial score (nSPS) is 10.4. The zero-order chi connectivity index (χ0) is 15.4. The monoisotopic (exact) mass is 293 g/mol. The molecule has 5 heteroatoms. The van der Waals surface area contributed by atoms with E-state index in [2.05, 4.69) is 15.3 Å². The molecule has 0 atom stereocenters. The summed E-state index contributed by atoms with van der Waals surface area (Å²) in [5, 5.41) is 2.86. The van der Waals surface area contributed by atoms with Gasteiger partial charge in [-0.3, -0.25) is 9.78 Å². The molecule has 0 radical (unpaired) electrons. The van der Waals surface area contributed by atoms with E-state index in [1.165, 1.54) is 0 Å². The van der Waals surface area contributed by atoms with Gasteiger partial charge in [0.05, 0.1) is 18.5 Å². The van der Waals surface area contributed by atoms with Crippen LogP contribution in [0.1, 0.15) is 21.6 Å². The number of nitrogens with zero attached hydrogens (tertiary/aromatic N) is 2. The predicted octanol–water partition coefficient (Wildman–Crippen LogP) is 2.98. The van der Waals surface area contributed by atoms with Crippen molar-refractivity contribution in [2.75, 3.05) is 0 Å². The smallest absolute Gasteiger partial charge is 0.251 e. The second kappa shape index (κ2) is 6.22. The van der Waals surface area contributed by atoms with Crippen molar-refractivity contribution >= 4 is 5.91 Å². The first-order valence-corrected chi connectivity index (χ1v) is 6.92. The summed E-state index contributed by atoms with van der Waals surface area (Å²) in [6, 6.07) is 11.1. The van der Waals surface area contributed by atoms with E-state index in [0.29, 0.717) is 22.7 Å². The number of hydrogen-bond acceptors (Lipinski definition) is 4. The van der Waals surface area contributed by atoms with Gasteiger partial charge >= 0.3 is 0 Å². The van der Waals surface area contributed by atoms with Crippen LogP contribution < -0.4 is 5.32 Å². The molecule has 3 aromatic rings. The highest BCUT2D eigenvalue weighted by molar-refractivity contribution is 5.94. The van der Waals surface area contributed by atoms with Gasteiger partial charge in [-0.25, -0.2) is 4.98 Å². The molecule has 22 heavy (non-hydrogen) atoms. The molecule has 2 aromatic heterocycles. The Morgan fingerprint density at radius 3 is 2.82 bits per heavy atom. The van der Waals surface area contributed by atoms with Crippen molar-refractivity contribution in [3.05, 3.63) is 71.9 Å². The summed E-state index contributed by atoms with van der Waals surface area (Å²) in [6.07, 6.45) is 4.78. The van der Waals surface area contributed by atoms with Crippen molar-refractivity contribution in [3.8, 4) is 11.5 Å². The highest BCUT2D eigenvalue weighted by Crippen LogP contribution is 2.19. The van der Waals surface area contributed by atoms with Gasteiger partial charge in [0.1, 0.15) is 5.69 Å². The van der Waals surface area contributed by atoms with Crippen LogP contribution >= 0.6 is 0 Å². The third-order valence-electron chi connectivity index (χ3n) is 3.23. The zero-order valence-electron chi connectivity index (χ0n) is 12.1. The van der Waals surface area contributed by atoms with E-state index < -0.39 is 0 Å². The SMILES string of the molecule is Cc1cccc(C(=O)NCc2nccnc2-c2ccco2)c1. The first-order valence-electron chi connectivity index (χ1n) is 6.92. The Labute approximate surface area is 128 Å². The van der Waals surface area contributed by atoms with Gasteiger partial charge in [0.15, 0.2) is 5.76 Å². The number of rotatable bonds is 4. The quantitative estimate of drug-likeness (QED) is 0.803. The van der Waals surface area contributed by atoms with Crippen LogP contribution in [0.25, 0.3) is 11.5 Å². The Balaban J connectivity index is 1.76. The molecule has 110 valence electrons. The first-order chi connectivity index (χ1) is 10.7. The van der Waals surface area contributed by atoms with Gasteiger partial charge in [-0.1, -0.05) is 17.7 Å². The largest absolute Gasteiger partial charge is 0.463 e. The van der Waals surface area contributed by atoms with Crippen LogP contribution in [-0.2, 0) is 6.54 Å². The number of nitrogens with one attached hydrogen (secondary N) is 1. The third kappa shape index (κ3) is 3.03. The molecule has 0 fully saturated rings. The van der Waals surface area contributed by atoms with Gasteiger partial charge in [0.2, 0.25) is 0 Å². The van der Waals surface area contributed by atoms with E-state index in [1.807, 2.05) is 31.2 Å². The van der Waals surface area contributed by atoms with E-state index in [0.717, 1.165) is 5.56 Å². The van der Waals surface area contributed by atoms with Crippen LogP contribution in [0.2, 0.25) is 0 Å². The van der Waals surface area contributed by atoms with Crippen LogP contribution in [0.5, 0.6) is 0 Å². The Bertz CT molecular complexity index is 782. The fraction of sp³-hybridized carbons (Fsp3) is 0.118. The van der Waals surface area contributed by atoms with Crippen LogP contribution in [0.3, 0.4) is 0 Å². The van der Waals surface area contributed by atoms with E-state index in [9.17, 15) is 4.79 Å². The van der Waals surface area contributed by atoms with Crippen molar-refractivity contribution in [1.82, 2.24) is 15.3 Å². The second-order valence-electron chi connectivity index (χ2n) is 4.88. The lowest BCUT2D eigenvalue weighted by atomic mass is 10.1. The van der Waals surface area contributed by atoms with Gasteiger partial charge in [-0.15, -0.1) is 0 Å². The molecule has 0 unspecified atom stereocenters. The molecule has 1 amide bonds. The number of carbonyl (C=O) groups is 1. The molecule has 0 aliphatic rings. The summed E-state index contributed by atoms with van der Waals surface area (Å²) >= 11 is 0. The van der Waals surface area contributed by atoms with Crippen LogP contribution in [0.15, 0.2) is 59.5 Å². The first kappa shape index (κ1) is 14.0. The fourth-order valence-electron chi connectivity index (χ4n) is 2.17. The van der Waals surface area contributed by atoms with Gasteiger partial charge in [0, 0.05) is 18.0 Å². The molecule has 0 saturated carbocycles. The topological polar surface area (TPSA) is 68.0 Å². The number of hydrogen-bond donors (Lipinski definition) is 1. The maximum atomic E-state index is 12.2. The standard InChI is InChI=1S/C17H15N3O2/c1-12-4-2-5-13(10-12)17(21)20-11-14-16(19-8-7-18-14)15-6-3-9-22-15/h2-10H,11H2,1H3,(H,20,21). The van der Waals surface area contributed by atoms with Crippen LogP contribution in [-0.4, -0.2) is 15.9 Å². The molecule has 2 heterocycles. The molecule has 0 aliphatic heterocycles. The van der Waals surface area contributed by atoms with E-state index in [4.69, 9.17) is 4.42 Å². The van der Waals surface area contributed by atoms with E-state index >= 15 is 0 Å². The predicted molar refractivity (Wildman–Crippen MR) is 82.1 cm³/mol. The van der Waals surface area contributed by atoms with Crippen LogP contribution in [0.4, 0.5) is 0 Å². The number of benzene rings is 1. The minimum atomic E-state index is -0.139. The summed E-state index contributed by atoms with van der Waals surface area (Å²) in [4.78, 5) is 20.7. The molecule has 5 nitrogen and oxygen atoms in total. The van der Waals surface area contributed by atoms with Gasteiger partial charge in [-0.2, -0.15) is 0 Å². The van der Waals surface area contributed by atoms with Crippen molar-refractivity contribution in [3.63, 3.8) is 0 Å². The van der Waals surface area contributed by atoms with Crippen molar-refractivity contribution in [2.24, 2.45) is 0 Å². The Morgan fingerprint density at radius 1 is 1.18 bits per heavy atom. The molecular formula is C17H15N3O2. The highest BCUT2D eigenvalue weighted by Gasteiger charge is 2.12. The Kier molecular flexibility index (Phi) is 3.96. The van der Waals surface area contributed by atoms with E-state index in [-0.39, 0.29) is 12.5 Å². The van der Waals surface area contributed by atoms with Crippen molar-refractivity contribution in [1.29, 1.82) is 0 Å². The average molecular weight is 293 g/mol. The maximum absolute atomic E-state index is 12.2. The zero-order valence-corrected chi connectivity index (χ0v) is 12.1. The summed E-state index contributed by atoms with van der Waals surface area (Å²) in [7, 11) is 0. The van der Waals surface area contributed by atoms with Crippen molar-refractivity contribution in [2.45, 2.75) is 13.5 Å².